The van der Waals surface area contributed by atoms with Crippen LogP contribution in [0.1, 0.15) is 38.2 Å². The minimum Gasteiger partial charge on any atom is -0.497 e. The van der Waals surface area contributed by atoms with Gasteiger partial charge in [0.1, 0.15) is 28.5 Å². The highest BCUT2D eigenvalue weighted by molar-refractivity contribution is 8.00. The Morgan fingerprint density at radius 2 is 1.84 bits per heavy atom. The molecule has 1 fully saturated rings. The number of hydrogen-bond acceptors (Lipinski definition) is 7. The molecule has 0 N–H and O–H groups in total. The lowest BCUT2D eigenvalue weighted by Crippen LogP contribution is -2.19. The van der Waals surface area contributed by atoms with Gasteiger partial charge in [-0.05, 0) is 67.7 Å². The Labute approximate surface area is 221 Å². The van der Waals surface area contributed by atoms with Crippen molar-refractivity contribution in [2.45, 2.75) is 42.9 Å². The monoisotopic (exact) mass is 509 g/mol. The molecule has 1 heterocycles. The van der Waals surface area contributed by atoms with Crippen molar-refractivity contribution in [3.63, 3.8) is 0 Å². The number of esters is 1. The standard InChI is InChI=1S/C30H27N3O3S/c1-3-36-30(34)26(19-32)23-11-7-8-12-28(23)37-29-25(18-31)24(20-9-5-4-6-10-20)17-27(33-29)21-13-15-22(35-2)16-14-21/h4-6,9-10,13-17,28H,3,7-8,11-12H2,1-2H3. The zero-order chi connectivity index (χ0) is 26.2. The molecule has 1 unspecified atom stereocenters. The Morgan fingerprint density at radius 1 is 1.08 bits per heavy atom. The maximum Gasteiger partial charge on any atom is 0.348 e. The van der Waals surface area contributed by atoms with Crippen molar-refractivity contribution in [3.8, 4) is 40.3 Å². The Bertz CT molecular complexity index is 1390. The van der Waals surface area contributed by atoms with Crippen LogP contribution in [0.25, 0.3) is 22.4 Å². The Balaban J connectivity index is 1.85. The molecular formula is C30H27N3O3S. The van der Waals surface area contributed by atoms with E-state index in [0.29, 0.717) is 17.0 Å². The molecule has 3 aromatic rings. The van der Waals surface area contributed by atoms with Crippen molar-refractivity contribution >= 4 is 17.7 Å². The molecule has 186 valence electrons. The fourth-order valence-corrected chi connectivity index (χ4v) is 5.81. The molecule has 0 saturated heterocycles. The molecule has 6 nitrogen and oxygen atoms in total. The molecule has 0 spiro atoms. The summed E-state index contributed by atoms with van der Waals surface area (Å²) in [5.41, 5.74) is 4.67. The Morgan fingerprint density at radius 3 is 2.49 bits per heavy atom. The fraction of sp³-hybridized carbons (Fsp3) is 0.267. The number of aromatic nitrogens is 1. The second kappa shape index (κ2) is 12.3. The summed E-state index contributed by atoms with van der Waals surface area (Å²) >= 11 is 1.45. The number of nitriles is 2. The van der Waals surface area contributed by atoms with E-state index >= 15 is 0 Å². The third-order valence-corrected chi connectivity index (χ3v) is 7.61. The van der Waals surface area contributed by atoms with E-state index in [2.05, 4.69) is 12.1 Å². The van der Waals surface area contributed by atoms with Crippen LogP contribution in [0.4, 0.5) is 0 Å². The Hall–Kier alpha value is -4.07. The molecular weight excluding hydrogens is 482 g/mol. The van der Waals surface area contributed by atoms with Crippen LogP contribution in [0.15, 0.2) is 76.8 Å². The fourth-order valence-electron chi connectivity index (χ4n) is 4.45. The van der Waals surface area contributed by atoms with Crippen LogP contribution in [-0.4, -0.2) is 29.9 Å². The first-order chi connectivity index (χ1) is 18.1. The van der Waals surface area contributed by atoms with Crippen LogP contribution in [0.5, 0.6) is 5.75 Å². The van der Waals surface area contributed by atoms with Crippen molar-refractivity contribution in [2.75, 3.05) is 13.7 Å². The minimum atomic E-state index is -0.585. The highest BCUT2D eigenvalue weighted by Crippen LogP contribution is 2.42. The van der Waals surface area contributed by atoms with Crippen LogP contribution in [-0.2, 0) is 9.53 Å². The van der Waals surface area contributed by atoms with E-state index in [1.54, 1.807) is 14.0 Å². The van der Waals surface area contributed by atoms with Crippen LogP contribution < -0.4 is 4.74 Å². The van der Waals surface area contributed by atoms with Gasteiger partial charge in [-0.2, -0.15) is 10.5 Å². The van der Waals surface area contributed by atoms with Gasteiger partial charge in [-0.3, -0.25) is 0 Å². The molecule has 2 aromatic carbocycles. The lowest BCUT2D eigenvalue weighted by molar-refractivity contribution is -0.138. The van der Waals surface area contributed by atoms with E-state index in [9.17, 15) is 15.3 Å². The van der Waals surface area contributed by atoms with Gasteiger partial charge in [0.15, 0.2) is 0 Å². The van der Waals surface area contributed by atoms with Gasteiger partial charge in [0, 0.05) is 16.4 Å². The molecule has 0 amide bonds. The summed E-state index contributed by atoms with van der Waals surface area (Å²) in [4.78, 5) is 17.5. The Kier molecular flexibility index (Phi) is 8.61. The minimum absolute atomic E-state index is 0.0761. The first-order valence-electron chi connectivity index (χ1n) is 12.2. The molecule has 1 saturated carbocycles. The average molecular weight is 510 g/mol. The molecule has 0 bridgehead atoms. The predicted octanol–water partition coefficient (Wildman–Crippen LogP) is 6.71. The third-order valence-electron chi connectivity index (χ3n) is 6.29. The summed E-state index contributed by atoms with van der Waals surface area (Å²) in [7, 11) is 1.62. The topological polar surface area (TPSA) is 96.0 Å². The highest BCUT2D eigenvalue weighted by Gasteiger charge is 2.29. The van der Waals surface area contributed by atoms with Crippen molar-refractivity contribution in [1.29, 1.82) is 10.5 Å². The summed E-state index contributed by atoms with van der Waals surface area (Å²) in [6.07, 6.45) is 3.29. The second-order valence-electron chi connectivity index (χ2n) is 8.53. The lowest BCUT2D eigenvalue weighted by Gasteiger charge is -2.26. The molecule has 1 aliphatic rings. The lowest BCUT2D eigenvalue weighted by atomic mass is 9.91. The molecule has 7 heteroatoms. The molecule has 1 atom stereocenters. The number of rotatable bonds is 7. The van der Waals surface area contributed by atoms with E-state index in [1.807, 2.05) is 60.7 Å². The summed E-state index contributed by atoms with van der Waals surface area (Å²) in [6.45, 7) is 1.93. The summed E-state index contributed by atoms with van der Waals surface area (Å²) in [5.74, 6) is 0.160. The van der Waals surface area contributed by atoms with E-state index < -0.39 is 5.97 Å². The smallest absolute Gasteiger partial charge is 0.348 e. The van der Waals surface area contributed by atoms with E-state index in [-0.39, 0.29) is 17.4 Å². The van der Waals surface area contributed by atoms with Crippen molar-refractivity contribution in [1.82, 2.24) is 4.98 Å². The number of thioether (sulfide) groups is 1. The van der Waals surface area contributed by atoms with Crippen molar-refractivity contribution in [2.24, 2.45) is 0 Å². The van der Waals surface area contributed by atoms with Gasteiger partial charge >= 0.3 is 5.97 Å². The molecule has 1 aromatic heterocycles. The van der Waals surface area contributed by atoms with E-state index in [1.165, 1.54) is 11.8 Å². The summed E-state index contributed by atoms with van der Waals surface area (Å²) < 4.78 is 10.5. The second-order valence-corrected chi connectivity index (χ2v) is 9.72. The number of carbonyl (C=O) groups is 1. The van der Waals surface area contributed by atoms with E-state index in [4.69, 9.17) is 14.5 Å². The number of nitrogens with zero attached hydrogens (tertiary/aromatic N) is 3. The number of methoxy groups -OCH3 is 1. The first kappa shape index (κ1) is 26.0. The van der Waals surface area contributed by atoms with Gasteiger partial charge in [-0.25, -0.2) is 9.78 Å². The number of pyridine rings is 1. The van der Waals surface area contributed by atoms with Crippen LogP contribution in [0.2, 0.25) is 0 Å². The molecule has 4 rings (SSSR count). The quantitative estimate of drug-likeness (QED) is 0.198. The number of ether oxygens (including phenoxy) is 2. The molecule has 0 aliphatic heterocycles. The van der Waals surface area contributed by atoms with Crippen LogP contribution >= 0.6 is 11.8 Å². The van der Waals surface area contributed by atoms with Gasteiger partial charge in [0.25, 0.3) is 0 Å². The summed E-state index contributed by atoms with van der Waals surface area (Å²) in [5, 5.41) is 20.5. The largest absolute Gasteiger partial charge is 0.497 e. The van der Waals surface area contributed by atoms with Gasteiger partial charge < -0.3 is 9.47 Å². The van der Waals surface area contributed by atoms with Gasteiger partial charge in [-0.1, -0.05) is 48.5 Å². The zero-order valence-corrected chi connectivity index (χ0v) is 21.7. The van der Waals surface area contributed by atoms with Gasteiger partial charge in [-0.15, -0.1) is 0 Å². The number of carbonyl (C=O) groups excluding carboxylic acids is 1. The number of benzene rings is 2. The highest BCUT2D eigenvalue weighted by atomic mass is 32.2. The molecule has 37 heavy (non-hydrogen) atoms. The van der Waals surface area contributed by atoms with E-state index in [0.717, 1.165) is 53.0 Å². The average Bonchev–Trinajstić information content (AvgIpc) is 2.94. The summed E-state index contributed by atoms with van der Waals surface area (Å²) in [6, 6.07) is 23.8. The third kappa shape index (κ3) is 5.85. The SMILES string of the molecule is CCOC(=O)C(C#N)=C1CCCCC1Sc1nc(-c2ccc(OC)cc2)cc(-c2ccccc2)c1C#N. The first-order valence-corrected chi connectivity index (χ1v) is 13.1. The molecule has 0 radical (unpaired) electrons. The predicted molar refractivity (Wildman–Crippen MR) is 144 cm³/mol. The maximum absolute atomic E-state index is 12.5. The van der Waals surface area contributed by atoms with Crippen LogP contribution in [0.3, 0.4) is 0 Å². The van der Waals surface area contributed by atoms with Gasteiger partial charge in [0.05, 0.1) is 25.0 Å². The van der Waals surface area contributed by atoms with Crippen LogP contribution in [0, 0.1) is 22.7 Å². The van der Waals surface area contributed by atoms with Gasteiger partial charge in [0.2, 0.25) is 0 Å². The normalized spacial score (nSPS) is 16.3. The zero-order valence-electron chi connectivity index (χ0n) is 20.9. The van der Waals surface area contributed by atoms with Crippen molar-refractivity contribution < 1.29 is 14.3 Å². The molecule has 1 aliphatic carbocycles. The number of hydrogen-bond donors (Lipinski definition) is 0. The van der Waals surface area contributed by atoms with Crippen molar-refractivity contribution in [3.05, 3.63) is 77.4 Å². The maximum atomic E-state index is 12.5.